The first-order chi connectivity index (χ1) is 12.8. The Kier molecular flexibility index (Phi) is 6.54. The van der Waals surface area contributed by atoms with Gasteiger partial charge in [-0.05, 0) is 43.7 Å². The zero-order valence-corrected chi connectivity index (χ0v) is 15.7. The minimum Gasteiger partial charge on any atom is -0.465 e. The van der Waals surface area contributed by atoms with Crippen LogP contribution in [0.15, 0.2) is 36.4 Å². The molecule has 0 atom stereocenters. The van der Waals surface area contributed by atoms with Crippen LogP contribution in [0.4, 0.5) is 11.4 Å². The average Bonchev–Trinajstić information content (AvgIpc) is 2.65. The van der Waals surface area contributed by atoms with Crippen LogP contribution >= 0.6 is 0 Å². The Morgan fingerprint density at radius 3 is 2.00 bits per heavy atom. The van der Waals surface area contributed by atoms with Gasteiger partial charge in [0.2, 0.25) is 5.91 Å². The molecular formula is C20H22N2O5. The van der Waals surface area contributed by atoms with Gasteiger partial charge in [-0.3, -0.25) is 4.79 Å². The summed E-state index contributed by atoms with van der Waals surface area (Å²) in [5.41, 5.74) is 3.59. The van der Waals surface area contributed by atoms with Crippen LogP contribution in [0.1, 0.15) is 31.8 Å². The summed E-state index contributed by atoms with van der Waals surface area (Å²) >= 11 is 0. The van der Waals surface area contributed by atoms with Crippen molar-refractivity contribution in [1.82, 2.24) is 0 Å². The van der Waals surface area contributed by atoms with Gasteiger partial charge in [0.25, 0.3) is 0 Å². The van der Waals surface area contributed by atoms with Gasteiger partial charge in [0.15, 0.2) is 0 Å². The lowest BCUT2D eigenvalue weighted by atomic mass is 10.1. The third kappa shape index (κ3) is 5.31. The predicted molar refractivity (Wildman–Crippen MR) is 102 cm³/mol. The lowest BCUT2D eigenvalue weighted by Gasteiger charge is -2.12. The number of hydrogen-bond donors (Lipinski definition) is 2. The summed E-state index contributed by atoms with van der Waals surface area (Å²) in [5.74, 6) is -1.57. The molecule has 0 aromatic heterocycles. The highest BCUT2D eigenvalue weighted by Crippen LogP contribution is 2.18. The summed E-state index contributed by atoms with van der Waals surface area (Å²) in [5, 5.41) is 5.73. The molecule has 2 N–H and O–H groups in total. The molecule has 0 bridgehead atoms. The molecule has 7 heteroatoms. The highest BCUT2D eigenvalue weighted by atomic mass is 16.5. The molecule has 0 radical (unpaired) electrons. The molecule has 0 saturated carbocycles. The van der Waals surface area contributed by atoms with Crippen LogP contribution in [0.25, 0.3) is 0 Å². The topological polar surface area (TPSA) is 93.7 Å². The van der Waals surface area contributed by atoms with Crippen molar-refractivity contribution in [3.05, 3.63) is 58.7 Å². The van der Waals surface area contributed by atoms with Crippen molar-refractivity contribution in [1.29, 1.82) is 0 Å². The van der Waals surface area contributed by atoms with Crippen molar-refractivity contribution in [2.75, 3.05) is 31.4 Å². The number of rotatable bonds is 6. The maximum absolute atomic E-state index is 12.3. The summed E-state index contributed by atoms with van der Waals surface area (Å²) < 4.78 is 9.35. The van der Waals surface area contributed by atoms with Crippen LogP contribution in [0.3, 0.4) is 0 Å². The van der Waals surface area contributed by atoms with Crippen molar-refractivity contribution in [2.45, 2.75) is 13.8 Å². The minimum atomic E-state index is -0.621. The molecule has 0 fully saturated rings. The van der Waals surface area contributed by atoms with Crippen molar-refractivity contribution in [3.8, 4) is 0 Å². The van der Waals surface area contributed by atoms with Crippen LogP contribution in [-0.2, 0) is 14.3 Å². The summed E-state index contributed by atoms with van der Waals surface area (Å²) in [4.78, 5) is 35.8. The SMILES string of the molecule is COC(=O)c1cc(NC(=O)CNc2ccc(C)cc2C)cc(C(=O)OC)c1. The van der Waals surface area contributed by atoms with Gasteiger partial charge in [0.1, 0.15) is 0 Å². The molecule has 0 aliphatic carbocycles. The van der Waals surface area contributed by atoms with Crippen LogP contribution in [0.5, 0.6) is 0 Å². The minimum absolute atomic E-state index is 0.0277. The van der Waals surface area contributed by atoms with E-state index in [1.807, 2.05) is 32.0 Å². The van der Waals surface area contributed by atoms with Gasteiger partial charge in [0.05, 0.1) is 31.9 Å². The number of ether oxygens (including phenoxy) is 2. The fourth-order valence-electron chi connectivity index (χ4n) is 2.56. The first-order valence-electron chi connectivity index (χ1n) is 8.26. The smallest absolute Gasteiger partial charge is 0.337 e. The molecule has 2 rings (SSSR count). The van der Waals surface area contributed by atoms with E-state index in [-0.39, 0.29) is 23.6 Å². The maximum atomic E-state index is 12.3. The molecule has 142 valence electrons. The average molecular weight is 370 g/mol. The largest absolute Gasteiger partial charge is 0.465 e. The van der Waals surface area contributed by atoms with E-state index in [4.69, 9.17) is 0 Å². The van der Waals surface area contributed by atoms with Crippen LogP contribution in [-0.4, -0.2) is 38.6 Å². The molecular weight excluding hydrogens is 348 g/mol. The van der Waals surface area contributed by atoms with E-state index in [0.717, 1.165) is 16.8 Å². The lowest BCUT2D eigenvalue weighted by molar-refractivity contribution is -0.114. The van der Waals surface area contributed by atoms with E-state index in [9.17, 15) is 14.4 Å². The Bertz CT molecular complexity index is 842. The van der Waals surface area contributed by atoms with Crippen LogP contribution in [0.2, 0.25) is 0 Å². The number of aryl methyl sites for hydroxylation is 2. The molecule has 0 unspecified atom stereocenters. The molecule has 0 heterocycles. The Morgan fingerprint density at radius 2 is 1.48 bits per heavy atom. The monoisotopic (exact) mass is 370 g/mol. The Morgan fingerprint density at radius 1 is 0.889 bits per heavy atom. The number of amides is 1. The number of methoxy groups -OCH3 is 2. The van der Waals surface area contributed by atoms with Gasteiger partial charge in [-0.1, -0.05) is 17.7 Å². The Labute approximate surface area is 157 Å². The molecule has 2 aromatic rings. The third-order valence-electron chi connectivity index (χ3n) is 3.88. The summed E-state index contributed by atoms with van der Waals surface area (Å²) in [6.07, 6.45) is 0. The fourth-order valence-corrected chi connectivity index (χ4v) is 2.56. The number of benzene rings is 2. The predicted octanol–water partition coefficient (Wildman–Crippen LogP) is 2.93. The number of carbonyl (C=O) groups is 3. The second kappa shape index (κ2) is 8.84. The zero-order valence-electron chi connectivity index (χ0n) is 15.7. The number of nitrogens with one attached hydrogen (secondary N) is 2. The van der Waals surface area contributed by atoms with Crippen LogP contribution < -0.4 is 10.6 Å². The summed E-state index contributed by atoms with van der Waals surface area (Å²) in [6, 6.07) is 10.1. The Balaban J connectivity index is 2.13. The quantitative estimate of drug-likeness (QED) is 0.760. The van der Waals surface area contributed by atoms with Gasteiger partial charge in [-0.25, -0.2) is 9.59 Å². The van der Waals surface area contributed by atoms with Crippen molar-refractivity contribution in [3.63, 3.8) is 0 Å². The number of esters is 2. The van der Waals surface area contributed by atoms with Gasteiger partial charge in [-0.15, -0.1) is 0 Å². The second-order valence-corrected chi connectivity index (χ2v) is 6.00. The highest BCUT2D eigenvalue weighted by molar-refractivity contribution is 6.00. The second-order valence-electron chi connectivity index (χ2n) is 6.00. The first-order valence-corrected chi connectivity index (χ1v) is 8.26. The van der Waals surface area contributed by atoms with E-state index in [1.165, 1.54) is 32.4 Å². The maximum Gasteiger partial charge on any atom is 0.337 e. The van der Waals surface area contributed by atoms with Crippen LogP contribution in [0, 0.1) is 13.8 Å². The molecule has 2 aromatic carbocycles. The molecule has 27 heavy (non-hydrogen) atoms. The van der Waals surface area contributed by atoms with E-state index in [1.54, 1.807) is 0 Å². The normalized spacial score (nSPS) is 10.1. The molecule has 1 amide bonds. The van der Waals surface area contributed by atoms with Gasteiger partial charge in [-0.2, -0.15) is 0 Å². The summed E-state index contributed by atoms with van der Waals surface area (Å²) in [6.45, 7) is 3.98. The van der Waals surface area contributed by atoms with Gasteiger partial charge in [0, 0.05) is 11.4 Å². The standard InChI is InChI=1S/C20H22N2O5/c1-12-5-6-17(13(2)7-12)21-11-18(23)22-16-9-14(19(24)26-3)8-15(10-16)20(25)27-4/h5-10,21H,11H2,1-4H3,(H,22,23). The van der Waals surface area contributed by atoms with E-state index in [2.05, 4.69) is 20.1 Å². The summed E-state index contributed by atoms with van der Waals surface area (Å²) in [7, 11) is 2.47. The van der Waals surface area contributed by atoms with Gasteiger partial charge < -0.3 is 20.1 Å². The van der Waals surface area contributed by atoms with E-state index in [0.29, 0.717) is 5.69 Å². The fraction of sp³-hybridized carbons (Fsp3) is 0.250. The van der Waals surface area contributed by atoms with Crippen molar-refractivity contribution < 1.29 is 23.9 Å². The highest BCUT2D eigenvalue weighted by Gasteiger charge is 2.15. The molecule has 7 nitrogen and oxygen atoms in total. The lowest BCUT2D eigenvalue weighted by Crippen LogP contribution is -2.22. The Hall–Kier alpha value is -3.35. The first kappa shape index (κ1) is 20.0. The van der Waals surface area contributed by atoms with E-state index >= 15 is 0 Å². The van der Waals surface area contributed by atoms with Crippen molar-refractivity contribution >= 4 is 29.2 Å². The molecule has 0 aliphatic rings. The number of hydrogen-bond acceptors (Lipinski definition) is 6. The molecule has 0 aliphatic heterocycles. The zero-order chi connectivity index (χ0) is 20.0. The van der Waals surface area contributed by atoms with Crippen molar-refractivity contribution in [2.24, 2.45) is 0 Å². The number of carbonyl (C=O) groups excluding carboxylic acids is 3. The molecule has 0 spiro atoms. The number of anilines is 2. The molecule has 0 saturated heterocycles. The third-order valence-corrected chi connectivity index (χ3v) is 3.88. The van der Waals surface area contributed by atoms with Gasteiger partial charge >= 0.3 is 11.9 Å². The van der Waals surface area contributed by atoms with E-state index < -0.39 is 11.9 Å².